The zero-order chi connectivity index (χ0) is 17.5. The summed E-state index contributed by atoms with van der Waals surface area (Å²) in [6, 6.07) is 9.97. The summed E-state index contributed by atoms with van der Waals surface area (Å²) >= 11 is 5.86. The van der Waals surface area contributed by atoms with Crippen LogP contribution < -0.4 is 19.6 Å². The number of halogens is 1. The van der Waals surface area contributed by atoms with Crippen molar-refractivity contribution in [1.29, 1.82) is 0 Å². The fraction of sp³-hybridized carbons (Fsp3) is 0.176. The van der Waals surface area contributed by atoms with Gasteiger partial charge >= 0.3 is 0 Å². The van der Waals surface area contributed by atoms with Gasteiger partial charge in [0.2, 0.25) is 0 Å². The Labute approximate surface area is 145 Å². The van der Waals surface area contributed by atoms with Crippen molar-refractivity contribution in [3.63, 3.8) is 0 Å². The zero-order valence-electron chi connectivity index (χ0n) is 13.5. The van der Waals surface area contributed by atoms with Crippen LogP contribution in [0, 0.1) is 0 Å². The van der Waals surface area contributed by atoms with Crippen molar-refractivity contribution in [1.82, 2.24) is 5.43 Å². The van der Waals surface area contributed by atoms with Crippen molar-refractivity contribution in [3.8, 4) is 17.2 Å². The molecular formula is C17H17ClN2O4. The maximum absolute atomic E-state index is 12.0. The highest BCUT2D eigenvalue weighted by Gasteiger charge is 2.12. The number of ether oxygens (including phenoxy) is 3. The summed E-state index contributed by atoms with van der Waals surface area (Å²) in [7, 11) is 4.60. The molecule has 0 heterocycles. The van der Waals surface area contributed by atoms with Crippen LogP contribution in [-0.2, 0) is 0 Å². The molecule has 0 atom stereocenters. The van der Waals surface area contributed by atoms with Crippen molar-refractivity contribution in [2.45, 2.75) is 0 Å². The lowest BCUT2D eigenvalue weighted by atomic mass is 10.2. The molecule has 0 bridgehead atoms. The number of hydrogen-bond donors (Lipinski definition) is 1. The Bertz CT molecular complexity index is 737. The van der Waals surface area contributed by atoms with Crippen molar-refractivity contribution in [3.05, 3.63) is 52.5 Å². The first-order valence-corrected chi connectivity index (χ1v) is 7.35. The minimum absolute atomic E-state index is 0.375. The Morgan fingerprint density at radius 1 is 1.08 bits per heavy atom. The topological polar surface area (TPSA) is 69.2 Å². The van der Waals surface area contributed by atoms with Crippen LogP contribution in [0.15, 0.2) is 41.5 Å². The summed E-state index contributed by atoms with van der Waals surface area (Å²) in [5.41, 5.74) is 3.42. The van der Waals surface area contributed by atoms with Crippen molar-refractivity contribution < 1.29 is 19.0 Å². The van der Waals surface area contributed by atoms with Gasteiger partial charge in [0.05, 0.1) is 33.1 Å². The van der Waals surface area contributed by atoms with Crippen LogP contribution in [0.1, 0.15) is 15.9 Å². The molecule has 24 heavy (non-hydrogen) atoms. The first-order chi connectivity index (χ1) is 11.6. The Morgan fingerprint density at radius 2 is 1.75 bits per heavy atom. The molecule has 6 nitrogen and oxygen atoms in total. The maximum atomic E-state index is 12.0. The molecule has 0 aliphatic rings. The second kappa shape index (κ2) is 8.21. The van der Waals surface area contributed by atoms with E-state index in [4.69, 9.17) is 25.8 Å². The number of benzene rings is 2. The molecule has 0 fully saturated rings. The molecular weight excluding hydrogens is 332 g/mol. The summed E-state index contributed by atoms with van der Waals surface area (Å²) in [4.78, 5) is 12.0. The number of carbonyl (C=O) groups excluding carboxylic acids is 1. The van der Waals surface area contributed by atoms with Gasteiger partial charge in [-0.1, -0.05) is 17.7 Å². The van der Waals surface area contributed by atoms with E-state index in [0.717, 1.165) is 0 Å². The molecule has 0 aromatic heterocycles. The molecule has 0 unspecified atom stereocenters. The van der Waals surface area contributed by atoms with Crippen molar-refractivity contribution >= 4 is 23.7 Å². The van der Waals surface area contributed by atoms with Gasteiger partial charge in [-0.2, -0.15) is 5.10 Å². The van der Waals surface area contributed by atoms with E-state index in [1.165, 1.54) is 20.4 Å². The SMILES string of the molecule is COc1cc(OC)c(/C=N/NC(=O)c2cccc(Cl)c2)c(OC)c1. The van der Waals surface area contributed by atoms with Gasteiger partial charge in [0.25, 0.3) is 5.91 Å². The monoisotopic (exact) mass is 348 g/mol. The van der Waals surface area contributed by atoms with E-state index >= 15 is 0 Å². The summed E-state index contributed by atoms with van der Waals surface area (Å²) in [6.07, 6.45) is 1.44. The minimum Gasteiger partial charge on any atom is -0.496 e. The number of nitrogens with zero attached hydrogens (tertiary/aromatic N) is 1. The van der Waals surface area contributed by atoms with E-state index in [1.54, 1.807) is 43.5 Å². The number of amides is 1. The Kier molecular flexibility index (Phi) is 6.03. The van der Waals surface area contributed by atoms with Crippen LogP contribution in [0.3, 0.4) is 0 Å². The van der Waals surface area contributed by atoms with Gasteiger partial charge in [0.15, 0.2) is 0 Å². The van der Waals surface area contributed by atoms with Crippen LogP contribution >= 0.6 is 11.6 Å². The van der Waals surface area contributed by atoms with Gasteiger partial charge in [-0.25, -0.2) is 5.43 Å². The fourth-order valence-electron chi connectivity index (χ4n) is 2.01. The standard InChI is InChI=1S/C17H17ClN2O4/c1-22-13-8-15(23-2)14(16(9-13)24-3)10-19-20-17(21)11-5-4-6-12(18)7-11/h4-10H,1-3H3,(H,20,21)/b19-10+. The predicted molar refractivity (Wildman–Crippen MR) is 92.6 cm³/mol. The molecule has 2 rings (SSSR count). The lowest BCUT2D eigenvalue weighted by molar-refractivity contribution is 0.0955. The molecule has 0 radical (unpaired) electrons. The van der Waals surface area contributed by atoms with Gasteiger partial charge < -0.3 is 14.2 Å². The summed E-state index contributed by atoms with van der Waals surface area (Å²) in [5, 5.41) is 4.43. The third-order valence-electron chi connectivity index (χ3n) is 3.20. The van der Waals surface area contributed by atoms with E-state index in [2.05, 4.69) is 10.5 Å². The minimum atomic E-state index is -0.375. The molecule has 1 amide bonds. The van der Waals surface area contributed by atoms with Crippen LogP contribution in [0.5, 0.6) is 17.2 Å². The fourth-order valence-corrected chi connectivity index (χ4v) is 2.20. The lowest BCUT2D eigenvalue weighted by Gasteiger charge is -2.12. The molecule has 126 valence electrons. The number of methoxy groups -OCH3 is 3. The molecule has 2 aromatic carbocycles. The van der Waals surface area contributed by atoms with Gasteiger partial charge in [-0.15, -0.1) is 0 Å². The van der Waals surface area contributed by atoms with Gasteiger partial charge in [-0.3, -0.25) is 4.79 Å². The summed E-state index contributed by atoms with van der Waals surface area (Å²) < 4.78 is 15.8. The highest BCUT2D eigenvalue weighted by Crippen LogP contribution is 2.32. The molecule has 2 aromatic rings. The first-order valence-electron chi connectivity index (χ1n) is 6.98. The molecule has 0 saturated carbocycles. The molecule has 0 saturated heterocycles. The quantitative estimate of drug-likeness (QED) is 0.643. The summed E-state index contributed by atoms with van der Waals surface area (Å²) in [6.45, 7) is 0. The molecule has 0 aliphatic carbocycles. The Hall–Kier alpha value is -2.73. The summed E-state index contributed by atoms with van der Waals surface area (Å²) in [5.74, 6) is 1.22. The predicted octanol–water partition coefficient (Wildman–Crippen LogP) is 3.13. The van der Waals surface area contributed by atoms with Gasteiger partial charge in [0, 0.05) is 22.7 Å². The van der Waals surface area contributed by atoms with E-state index in [-0.39, 0.29) is 5.91 Å². The molecule has 7 heteroatoms. The van der Waals surface area contributed by atoms with Gasteiger partial charge in [0.1, 0.15) is 17.2 Å². The van der Waals surface area contributed by atoms with Crippen molar-refractivity contribution in [2.75, 3.05) is 21.3 Å². The van der Waals surface area contributed by atoms with E-state index in [9.17, 15) is 4.79 Å². The van der Waals surface area contributed by atoms with Crippen LogP contribution in [0.2, 0.25) is 5.02 Å². The van der Waals surface area contributed by atoms with E-state index in [1.807, 2.05) is 0 Å². The highest BCUT2D eigenvalue weighted by molar-refractivity contribution is 6.30. The van der Waals surface area contributed by atoms with E-state index in [0.29, 0.717) is 33.4 Å². The van der Waals surface area contributed by atoms with Crippen molar-refractivity contribution in [2.24, 2.45) is 5.10 Å². The highest BCUT2D eigenvalue weighted by atomic mass is 35.5. The smallest absolute Gasteiger partial charge is 0.271 e. The number of hydrogen-bond acceptors (Lipinski definition) is 5. The number of rotatable bonds is 6. The lowest BCUT2D eigenvalue weighted by Crippen LogP contribution is -2.17. The van der Waals surface area contributed by atoms with Crippen LogP contribution in [0.25, 0.3) is 0 Å². The molecule has 0 aliphatic heterocycles. The number of carbonyl (C=O) groups is 1. The second-order valence-corrected chi connectivity index (χ2v) is 5.09. The Balaban J connectivity index is 2.21. The zero-order valence-corrected chi connectivity index (χ0v) is 14.3. The normalized spacial score (nSPS) is 10.5. The maximum Gasteiger partial charge on any atom is 0.271 e. The van der Waals surface area contributed by atoms with E-state index < -0.39 is 0 Å². The molecule has 0 spiro atoms. The third-order valence-corrected chi connectivity index (χ3v) is 3.43. The second-order valence-electron chi connectivity index (χ2n) is 4.66. The molecule has 1 N–H and O–H groups in total. The average molecular weight is 349 g/mol. The average Bonchev–Trinajstić information content (AvgIpc) is 2.61. The first kappa shape index (κ1) is 17.6. The Morgan fingerprint density at radius 3 is 2.29 bits per heavy atom. The van der Waals surface area contributed by atoms with Crippen LogP contribution in [0.4, 0.5) is 0 Å². The largest absolute Gasteiger partial charge is 0.496 e. The van der Waals surface area contributed by atoms with Crippen LogP contribution in [-0.4, -0.2) is 33.5 Å². The number of hydrazone groups is 1. The third kappa shape index (κ3) is 4.17. The van der Waals surface area contributed by atoms with Gasteiger partial charge in [-0.05, 0) is 18.2 Å². The number of nitrogens with one attached hydrogen (secondary N) is 1.